The summed E-state index contributed by atoms with van der Waals surface area (Å²) in [7, 11) is 0. The number of amides is 1. The van der Waals surface area contributed by atoms with E-state index in [9.17, 15) is 9.18 Å². The molecular weight excluding hydrogens is 305 g/mol. The summed E-state index contributed by atoms with van der Waals surface area (Å²) in [6.07, 6.45) is 0. The first-order valence-electron chi connectivity index (χ1n) is 7.70. The summed E-state index contributed by atoms with van der Waals surface area (Å²) in [6, 6.07) is 15.8. The number of benzene rings is 2. The average Bonchev–Trinajstić information content (AvgIpc) is 2.89. The second-order valence-electron chi connectivity index (χ2n) is 5.60. The summed E-state index contributed by atoms with van der Waals surface area (Å²) in [5, 5.41) is 7.34. The topological polar surface area (TPSA) is 46.9 Å². The molecule has 24 heavy (non-hydrogen) atoms. The summed E-state index contributed by atoms with van der Waals surface area (Å²) in [4.78, 5) is 12.5. The number of nitrogens with one attached hydrogen (secondary N) is 1. The minimum atomic E-state index is -0.305. The first-order valence-corrected chi connectivity index (χ1v) is 7.70. The molecule has 0 bridgehead atoms. The molecule has 0 atom stereocenters. The fraction of sp³-hybridized carbons (Fsp3) is 0.158. The lowest BCUT2D eigenvalue weighted by molar-refractivity contribution is 0.0949. The van der Waals surface area contributed by atoms with E-state index >= 15 is 0 Å². The molecule has 2 aromatic carbocycles. The first-order chi connectivity index (χ1) is 11.6. The van der Waals surface area contributed by atoms with Crippen molar-refractivity contribution in [1.82, 2.24) is 15.1 Å². The molecule has 0 saturated carbocycles. The number of nitrogens with zero attached hydrogens (tertiary/aromatic N) is 2. The predicted molar refractivity (Wildman–Crippen MR) is 90.6 cm³/mol. The van der Waals surface area contributed by atoms with Gasteiger partial charge in [-0.15, -0.1) is 0 Å². The monoisotopic (exact) mass is 323 g/mol. The van der Waals surface area contributed by atoms with E-state index in [1.807, 2.05) is 37.3 Å². The molecule has 0 aliphatic heterocycles. The molecule has 0 unspecified atom stereocenters. The minimum absolute atomic E-state index is 0.165. The predicted octanol–water partition coefficient (Wildman–Crippen LogP) is 3.56. The van der Waals surface area contributed by atoms with Crippen LogP contribution in [0.15, 0.2) is 54.6 Å². The molecule has 0 aliphatic carbocycles. The molecule has 5 heteroatoms. The van der Waals surface area contributed by atoms with E-state index in [-0.39, 0.29) is 11.7 Å². The summed E-state index contributed by atoms with van der Waals surface area (Å²) in [5.41, 5.74) is 3.67. The summed E-state index contributed by atoms with van der Waals surface area (Å²) >= 11 is 0. The zero-order chi connectivity index (χ0) is 17.1. The summed E-state index contributed by atoms with van der Waals surface area (Å²) in [6.45, 7) is 4.09. The summed E-state index contributed by atoms with van der Waals surface area (Å²) in [5.74, 6) is -0.469. The van der Waals surface area contributed by atoms with Crippen molar-refractivity contribution in [3.05, 3.63) is 82.9 Å². The van der Waals surface area contributed by atoms with Crippen molar-refractivity contribution in [3.63, 3.8) is 0 Å². The number of hydrogen-bond acceptors (Lipinski definition) is 2. The van der Waals surface area contributed by atoms with Gasteiger partial charge in [0.1, 0.15) is 5.82 Å². The van der Waals surface area contributed by atoms with Gasteiger partial charge in [-0.2, -0.15) is 5.10 Å². The molecule has 1 heterocycles. The number of halogens is 1. The molecule has 3 aromatic rings. The Balaban J connectivity index is 1.83. The fourth-order valence-corrected chi connectivity index (χ4v) is 2.67. The van der Waals surface area contributed by atoms with Gasteiger partial charge in [-0.3, -0.25) is 4.79 Å². The lowest BCUT2D eigenvalue weighted by atomic mass is 10.1. The van der Waals surface area contributed by atoms with Crippen LogP contribution in [0.3, 0.4) is 0 Å². The van der Waals surface area contributed by atoms with E-state index in [0.717, 1.165) is 16.9 Å². The normalized spacial score (nSPS) is 10.6. The van der Waals surface area contributed by atoms with Crippen LogP contribution in [0.25, 0.3) is 5.69 Å². The minimum Gasteiger partial charge on any atom is -0.348 e. The van der Waals surface area contributed by atoms with E-state index in [0.29, 0.717) is 17.8 Å². The average molecular weight is 323 g/mol. The van der Waals surface area contributed by atoms with E-state index in [4.69, 9.17) is 0 Å². The van der Waals surface area contributed by atoms with Crippen molar-refractivity contribution in [2.24, 2.45) is 0 Å². The highest BCUT2D eigenvalue weighted by atomic mass is 19.1. The number of carbonyl (C=O) groups excluding carboxylic acids is 1. The van der Waals surface area contributed by atoms with Crippen molar-refractivity contribution < 1.29 is 9.18 Å². The number of carbonyl (C=O) groups is 1. The van der Waals surface area contributed by atoms with Gasteiger partial charge in [-0.05, 0) is 43.7 Å². The maximum atomic E-state index is 13.1. The van der Waals surface area contributed by atoms with Crippen LogP contribution in [0.4, 0.5) is 4.39 Å². The van der Waals surface area contributed by atoms with Crippen LogP contribution in [-0.4, -0.2) is 15.7 Å². The van der Waals surface area contributed by atoms with Crippen molar-refractivity contribution >= 4 is 5.91 Å². The maximum absolute atomic E-state index is 13.1. The van der Waals surface area contributed by atoms with Gasteiger partial charge >= 0.3 is 0 Å². The molecule has 122 valence electrons. The highest BCUT2D eigenvalue weighted by molar-refractivity contribution is 5.96. The lowest BCUT2D eigenvalue weighted by Crippen LogP contribution is -2.24. The Kier molecular flexibility index (Phi) is 4.42. The molecule has 0 radical (unpaired) electrons. The lowest BCUT2D eigenvalue weighted by Gasteiger charge is -2.07. The van der Waals surface area contributed by atoms with Crippen molar-refractivity contribution in [1.29, 1.82) is 0 Å². The standard InChI is InChI=1S/C19H18FN3O/c1-13-18(19(24)21-12-15-6-4-3-5-7-15)14(2)23(22-13)17-10-8-16(20)9-11-17/h3-11H,12H2,1-2H3,(H,21,24). The second kappa shape index (κ2) is 6.66. The van der Waals surface area contributed by atoms with E-state index in [1.165, 1.54) is 12.1 Å². The third-order valence-corrected chi connectivity index (χ3v) is 3.89. The van der Waals surface area contributed by atoms with E-state index < -0.39 is 0 Å². The van der Waals surface area contributed by atoms with Crippen LogP contribution in [0.5, 0.6) is 0 Å². The van der Waals surface area contributed by atoms with Gasteiger partial charge in [0.15, 0.2) is 0 Å². The summed E-state index contributed by atoms with van der Waals surface area (Å²) < 4.78 is 14.7. The molecular formula is C19H18FN3O. The van der Waals surface area contributed by atoms with Crippen LogP contribution < -0.4 is 5.32 Å². The largest absolute Gasteiger partial charge is 0.348 e. The number of rotatable bonds is 4. The molecule has 1 amide bonds. The second-order valence-corrected chi connectivity index (χ2v) is 5.60. The SMILES string of the molecule is Cc1nn(-c2ccc(F)cc2)c(C)c1C(=O)NCc1ccccc1. The molecule has 1 N–H and O–H groups in total. The van der Waals surface area contributed by atoms with Crippen LogP contribution >= 0.6 is 0 Å². The van der Waals surface area contributed by atoms with Gasteiger partial charge in [0.2, 0.25) is 0 Å². The maximum Gasteiger partial charge on any atom is 0.255 e. The molecule has 0 aliphatic rings. The van der Waals surface area contributed by atoms with Crippen molar-refractivity contribution in [2.75, 3.05) is 0 Å². The van der Waals surface area contributed by atoms with Gasteiger partial charge in [-0.1, -0.05) is 30.3 Å². The quantitative estimate of drug-likeness (QED) is 0.798. The third kappa shape index (κ3) is 3.20. The number of aryl methyl sites for hydroxylation is 1. The fourth-order valence-electron chi connectivity index (χ4n) is 2.67. The Bertz CT molecular complexity index is 854. The van der Waals surface area contributed by atoms with Gasteiger partial charge in [0.25, 0.3) is 5.91 Å². The molecule has 3 rings (SSSR count). The molecule has 0 spiro atoms. The number of aromatic nitrogens is 2. The molecule has 4 nitrogen and oxygen atoms in total. The highest BCUT2D eigenvalue weighted by Crippen LogP contribution is 2.18. The van der Waals surface area contributed by atoms with Gasteiger partial charge in [0, 0.05) is 6.54 Å². The third-order valence-electron chi connectivity index (χ3n) is 3.89. The van der Waals surface area contributed by atoms with Gasteiger partial charge < -0.3 is 5.32 Å². The van der Waals surface area contributed by atoms with Crippen LogP contribution in [-0.2, 0) is 6.54 Å². The highest BCUT2D eigenvalue weighted by Gasteiger charge is 2.19. The smallest absolute Gasteiger partial charge is 0.255 e. The molecule has 0 saturated heterocycles. The van der Waals surface area contributed by atoms with Gasteiger partial charge in [-0.25, -0.2) is 9.07 Å². The Morgan fingerprint density at radius 3 is 2.42 bits per heavy atom. The van der Waals surface area contributed by atoms with Crippen LogP contribution in [0.2, 0.25) is 0 Å². The Hall–Kier alpha value is -2.95. The Morgan fingerprint density at radius 1 is 1.08 bits per heavy atom. The number of hydrogen-bond donors (Lipinski definition) is 1. The Morgan fingerprint density at radius 2 is 1.75 bits per heavy atom. The van der Waals surface area contributed by atoms with Gasteiger partial charge in [0.05, 0.1) is 22.6 Å². The zero-order valence-electron chi connectivity index (χ0n) is 13.6. The first kappa shape index (κ1) is 15.9. The van der Waals surface area contributed by atoms with Crippen molar-refractivity contribution in [3.8, 4) is 5.69 Å². The molecule has 1 aromatic heterocycles. The van der Waals surface area contributed by atoms with E-state index in [2.05, 4.69) is 10.4 Å². The van der Waals surface area contributed by atoms with Crippen molar-refractivity contribution in [2.45, 2.75) is 20.4 Å². The molecule has 0 fully saturated rings. The Labute approximate surface area is 139 Å². The van der Waals surface area contributed by atoms with Crippen LogP contribution in [0, 0.1) is 19.7 Å². The van der Waals surface area contributed by atoms with Crippen LogP contribution in [0.1, 0.15) is 27.3 Å². The van der Waals surface area contributed by atoms with E-state index in [1.54, 1.807) is 23.7 Å². The zero-order valence-corrected chi connectivity index (χ0v) is 13.6.